The number of phenols is 1. The molecule has 0 aliphatic carbocycles. The van der Waals surface area contributed by atoms with Crippen molar-refractivity contribution >= 4 is 35.4 Å². The molecule has 0 saturated carbocycles. The maximum absolute atomic E-state index is 14.6. The second-order valence-corrected chi connectivity index (χ2v) is 15.2. The van der Waals surface area contributed by atoms with Crippen molar-refractivity contribution in [1.29, 1.82) is 0 Å². The van der Waals surface area contributed by atoms with E-state index in [0.29, 0.717) is 47.2 Å². The van der Waals surface area contributed by atoms with Crippen molar-refractivity contribution in [3.63, 3.8) is 0 Å². The summed E-state index contributed by atoms with van der Waals surface area (Å²) in [5.41, 5.74) is 4.24. The van der Waals surface area contributed by atoms with E-state index in [1.54, 1.807) is 36.4 Å². The number of hydrogen-bond donors (Lipinski definition) is 1. The van der Waals surface area contributed by atoms with E-state index in [1.807, 2.05) is 48.5 Å². The van der Waals surface area contributed by atoms with Crippen LogP contribution in [-0.2, 0) is 15.1 Å². The molecule has 0 saturated heterocycles. The Bertz CT molecular complexity index is 2430. The second kappa shape index (κ2) is 19.7. The molecule has 1 spiro atoms. The zero-order valence-corrected chi connectivity index (χ0v) is 36.3. The highest BCUT2D eigenvalue weighted by Crippen LogP contribution is 2.58. The summed E-state index contributed by atoms with van der Waals surface area (Å²) in [6, 6.07) is 31.0. The molecule has 0 aromatic heterocycles. The lowest BCUT2D eigenvalue weighted by molar-refractivity contribution is -0.137. The summed E-state index contributed by atoms with van der Waals surface area (Å²) in [5.74, 6) is 0.493. The topological polar surface area (TPSA) is 130 Å². The van der Waals surface area contributed by atoms with Crippen molar-refractivity contribution < 1.29 is 38.4 Å². The van der Waals surface area contributed by atoms with E-state index < -0.39 is 17.5 Å². The van der Waals surface area contributed by atoms with Crippen LogP contribution in [0.2, 0.25) is 0 Å². The molecule has 1 N–H and O–H groups in total. The lowest BCUT2D eigenvalue weighted by atomic mass is 9.75. The first kappa shape index (κ1) is 44.0. The van der Waals surface area contributed by atoms with E-state index >= 15 is 0 Å². The predicted octanol–water partition coefficient (Wildman–Crippen LogP) is 9.86. The molecule has 2 heterocycles. The van der Waals surface area contributed by atoms with Crippen LogP contribution in [0.25, 0.3) is 0 Å². The van der Waals surface area contributed by atoms with Crippen LogP contribution in [0.15, 0.2) is 121 Å². The van der Waals surface area contributed by atoms with Gasteiger partial charge in [-0.15, -0.1) is 0 Å². The van der Waals surface area contributed by atoms with Gasteiger partial charge in [0, 0.05) is 89.6 Å². The molecular weight excluding hydrogens is 797 g/mol. The van der Waals surface area contributed by atoms with Gasteiger partial charge in [-0.05, 0) is 108 Å². The highest BCUT2D eigenvalue weighted by atomic mass is 16.5. The molecule has 1 amide bonds. The Balaban J connectivity index is 1.11. The molecule has 2 aliphatic heterocycles. The van der Waals surface area contributed by atoms with Crippen LogP contribution >= 0.6 is 0 Å². The summed E-state index contributed by atoms with van der Waals surface area (Å²) in [6.45, 7) is 16.0. The van der Waals surface area contributed by atoms with E-state index in [-0.39, 0.29) is 17.4 Å². The fraction of sp³-hybridized carbons (Fsp3) is 0.294. The summed E-state index contributed by atoms with van der Waals surface area (Å²) in [4.78, 5) is 43.3. The Kier molecular flexibility index (Phi) is 13.8. The number of carbonyl (C=O) groups excluding carboxylic acids is 3. The molecule has 0 atom stereocenters. The zero-order valence-electron chi connectivity index (χ0n) is 36.3. The molecular formula is C51H54N4O8. The number of rotatable bonds is 19. The van der Waals surface area contributed by atoms with Gasteiger partial charge in [0.15, 0.2) is 0 Å². The highest BCUT2D eigenvalue weighted by Gasteiger charge is 2.57. The highest BCUT2D eigenvalue weighted by molar-refractivity contribution is 6.03. The molecule has 5 aromatic carbocycles. The molecule has 5 aromatic rings. The average Bonchev–Trinajstić information content (AvgIpc) is 3.54. The van der Waals surface area contributed by atoms with Gasteiger partial charge >= 0.3 is 11.9 Å². The first-order valence-electron chi connectivity index (χ1n) is 21.7. The Labute approximate surface area is 369 Å². The number of fused-ring (bicyclic) bond motifs is 6. The average molecular weight is 851 g/mol. The van der Waals surface area contributed by atoms with Crippen LogP contribution in [0.3, 0.4) is 0 Å². The number of unbranched alkanes of at least 4 members (excludes halogenated alkanes) is 3. The van der Waals surface area contributed by atoms with E-state index in [1.165, 1.54) is 17.3 Å². The number of benzene rings is 5. The Hall–Kier alpha value is -7.08. The molecule has 12 heteroatoms. The largest absolute Gasteiger partial charge is 0.507 e. The number of ether oxygens (including phenoxy) is 4. The second-order valence-electron chi connectivity index (χ2n) is 15.2. The molecule has 0 radical (unpaired) electrons. The number of nitrogens with zero attached hydrogens (tertiary/aromatic N) is 4. The lowest BCUT2D eigenvalue weighted by Gasteiger charge is -2.42. The number of anilines is 2. The third kappa shape index (κ3) is 8.97. The standard InChI is InChI=1S/C51H54N4O8/c1-6-48(57)61-30-16-12-11-15-29-60-39-24-19-35(20-25-39)50(59)62-40-26-21-36(45(56)33-40)34-52-55-49(58)41-17-13-14-18-42(41)51(55)43-27-22-37(53(7-2)8-3)31-46(43)63-47-32-38(23-28-44(47)51)54(9-4)10-5/h6,13-14,17-28,31-34,56H,1,7-12,15-16,29-30H2,2-5H3/b52-34+. The summed E-state index contributed by atoms with van der Waals surface area (Å²) in [5, 5.41) is 17.6. The molecule has 2 aliphatic rings. The SMILES string of the molecule is C=CC(=O)OCCCCCCOc1ccc(C(=O)Oc2ccc(/C=N/N3C(=O)c4ccccc4C34c3ccc(N(CC)CC)cc3Oc3cc(N(CC)CC)ccc34)c(O)c2)cc1. The Morgan fingerprint density at radius 1 is 0.746 bits per heavy atom. The first-order valence-corrected chi connectivity index (χ1v) is 21.7. The molecule has 12 nitrogen and oxygen atoms in total. The quantitative estimate of drug-likeness (QED) is 0.0282. The normalized spacial score (nSPS) is 13.2. The van der Waals surface area contributed by atoms with Crippen molar-refractivity contribution in [2.24, 2.45) is 5.10 Å². The number of phenolic OH excluding ortho intramolecular Hbond substituents is 1. The number of hydrogen-bond acceptors (Lipinski definition) is 11. The number of esters is 2. The summed E-state index contributed by atoms with van der Waals surface area (Å²) in [6.07, 6.45) is 6.05. The van der Waals surface area contributed by atoms with E-state index in [0.717, 1.165) is 86.0 Å². The third-order valence-electron chi connectivity index (χ3n) is 11.6. The third-order valence-corrected chi connectivity index (χ3v) is 11.6. The monoisotopic (exact) mass is 850 g/mol. The van der Waals surface area contributed by atoms with Gasteiger partial charge in [-0.1, -0.05) is 36.9 Å². The maximum Gasteiger partial charge on any atom is 0.343 e. The van der Waals surface area contributed by atoms with E-state index in [2.05, 4.69) is 56.2 Å². The van der Waals surface area contributed by atoms with Gasteiger partial charge in [-0.25, -0.2) is 14.6 Å². The van der Waals surface area contributed by atoms with Crippen molar-refractivity contribution in [2.75, 3.05) is 49.2 Å². The smallest absolute Gasteiger partial charge is 0.343 e. The maximum atomic E-state index is 14.6. The molecule has 0 unspecified atom stereocenters. The van der Waals surface area contributed by atoms with Crippen molar-refractivity contribution in [1.82, 2.24) is 5.01 Å². The summed E-state index contributed by atoms with van der Waals surface area (Å²) >= 11 is 0. The van der Waals surface area contributed by atoms with Crippen molar-refractivity contribution in [2.45, 2.75) is 58.9 Å². The Morgan fingerprint density at radius 3 is 1.95 bits per heavy atom. The van der Waals surface area contributed by atoms with E-state index in [9.17, 15) is 19.5 Å². The number of hydrazone groups is 1. The molecule has 326 valence electrons. The fourth-order valence-corrected chi connectivity index (χ4v) is 8.29. The zero-order chi connectivity index (χ0) is 44.5. The molecule has 7 rings (SSSR count). The number of carbonyl (C=O) groups is 3. The van der Waals surface area contributed by atoms with Crippen LogP contribution < -0.4 is 24.0 Å². The van der Waals surface area contributed by atoms with Crippen LogP contribution in [0.5, 0.6) is 28.7 Å². The van der Waals surface area contributed by atoms with Gasteiger partial charge in [-0.2, -0.15) is 5.10 Å². The minimum absolute atomic E-state index is 0.135. The fourth-order valence-electron chi connectivity index (χ4n) is 8.29. The van der Waals surface area contributed by atoms with Crippen molar-refractivity contribution in [3.8, 4) is 28.7 Å². The Morgan fingerprint density at radius 2 is 1.35 bits per heavy atom. The molecule has 0 fully saturated rings. The summed E-state index contributed by atoms with van der Waals surface area (Å²) < 4.78 is 23.2. The number of amides is 1. The predicted molar refractivity (Wildman–Crippen MR) is 245 cm³/mol. The van der Waals surface area contributed by atoms with Gasteiger partial charge in [0.2, 0.25) is 0 Å². The van der Waals surface area contributed by atoms with E-state index in [4.69, 9.17) is 24.0 Å². The van der Waals surface area contributed by atoms with Gasteiger partial charge in [0.1, 0.15) is 34.3 Å². The molecule has 63 heavy (non-hydrogen) atoms. The van der Waals surface area contributed by atoms with Crippen LogP contribution in [0.4, 0.5) is 11.4 Å². The van der Waals surface area contributed by atoms with Gasteiger partial charge < -0.3 is 33.9 Å². The summed E-state index contributed by atoms with van der Waals surface area (Å²) in [7, 11) is 0. The van der Waals surface area contributed by atoms with Crippen LogP contribution in [-0.4, -0.2) is 73.6 Å². The molecule has 0 bridgehead atoms. The minimum Gasteiger partial charge on any atom is -0.507 e. The minimum atomic E-state index is -1.20. The van der Waals surface area contributed by atoms with Gasteiger partial charge in [-0.3, -0.25) is 4.79 Å². The van der Waals surface area contributed by atoms with Crippen LogP contribution in [0, 0.1) is 0 Å². The lowest BCUT2D eigenvalue weighted by Crippen LogP contribution is -2.44. The van der Waals surface area contributed by atoms with Crippen LogP contribution in [0.1, 0.15) is 96.3 Å². The van der Waals surface area contributed by atoms with Gasteiger partial charge in [0.05, 0.1) is 25.0 Å². The van der Waals surface area contributed by atoms with Crippen molar-refractivity contribution in [3.05, 3.63) is 149 Å². The number of aromatic hydroxyl groups is 1. The first-order chi connectivity index (χ1) is 30.7. The van der Waals surface area contributed by atoms with Gasteiger partial charge in [0.25, 0.3) is 5.91 Å².